The molecule has 18 heavy (non-hydrogen) atoms. The number of carbonyl (C=O) groups excluding carboxylic acids is 1. The van der Waals surface area contributed by atoms with E-state index in [0.29, 0.717) is 13.0 Å². The second-order valence-corrected chi connectivity index (χ2v) is 4.27. The Morgan fingerprint density at radius 2 is 1.67 bits per heavy atom. The number of rotatable bonds is 11. The van der Waals surface area contributed by atoms with E-state index in [1.807, 2.05) is 18.7 Å². The topological polar surface area (TPSA) is 69.6 Å². The van der Waals surface area contributed by atoms with Crippen LogP contribution in [0.15, 0.2) is 0 Å². The van der Waals surface area contributed by atoms with E-state index in [-0.39, 0.29) is 12.3 Å². The lowest BCUT2D eigenvalue weighted by molar-refractivity contribution is -0.137. The summed E-state index contributed by atoms with van der Waals surface area (Å²) in [5.74, 6) is -0.536. The van der Waals surface area contributed by atoms with Gasteiger partial charge in [0.1, 0.15) is 0 Å². The van der Waals surface area contributed by atoms with Crippen LogP contribution >= 0.6 is 0 Å². The molecule has 0 atom stereocenters. The average molecular weight is 258 g/mol. The maximum atomic E-state index is 11.6. The van der Waals surface area contributed by atoms with Crippen molar-refractivity contribution in [3.05, 3.63) is 0 Å². The molecule has 0 heterocycles. The third-order valence-electron chi connectivity index (χ3n) is 2.88. The van der Waals surface area contributed by atoms with Gasteiger partial charge in [0.2, 0.25) is 5.91 Å². The predicted octanol–water partition coefficient (Wildman–Crippen LogP) is 1.48. The van der Waals surface area contributed by atoms with E-state index in [9.17, 15) is 9.59 Å². The van der Waals surface area contributed by atoms with Crippen molar-refractivity contribution in [3.8, 4) is 0 Å². The molecule has 106 valence electrons. The van der Waals surface area contributed by atoms with Crippen molar-refractivity contribution in [2.45, 2.75) is 46.0 Å². The molecular formula is C13H26N2O3. The molecular weight excluding hydrogens is 232 g/mol. The molecule has 0 unspecified atom stereocenters. The van der Waals surface area contributed by atoms with Gasteiger partial charge in [0.25, 0.3) is 0 Å². The Bertz CT molecular complexity index is 240. The molecule has 0 rings (SSSR count). The molecule has 0 aliphatic carbocycles. The van der Waals surface area contributed by atoms with Gasteiger partial charge in [-0.25, -0.2) is 0 Å². The van der Waals surface area contributed by atoms with Gasteiger partial charge in [0.05, 0.1) is 0 Å². The number of hydrogen-bond donors (Lipinski definition) is 2. The first-order valence-corrected chi connectivity index (χ1v) is 6.82. The number of aliphatic carboxylic acids is 1. The molecule has 0 bridgehead atoms. The molecule has 0 spiro atoms. The Kier molecular flexibility index (Phi) is 10.3. The molecule has 5 nitrogen and oxygen atoms in total. The van der Waals surface area contributed by atoms with Gasteiger partial charge < -0.3 is 15.3 Å². The fourth-order valence-corrected chi connectivity index (χ4v) is 1.76. The monoisotopic (exact) mass is 258 g/mol. The number of nitrogens with one attached hydrogen (secondary N) is 1. The SMILES string of the molecule is CCN(CC)C(=O)CCNCCCCCC(=O)O. The highest BCUT2D eigenvalue weighted by atomic mass is 16.4. The van der Waals surface area contributed by atoms with Crippen LogP contribution in [0.25, 0.3) is 0 Å². The smallest absolute Gasteiger partial charge is 0.303 e. The average Bonchev–Trinajstić information content (AvgIpc) is 2.33. The van der Waals surface area contributed by atoms with Crippen LogP contribution < -0.4 is 5.32 Å². The Morgan fingerprint density at radius 3 is 2.22 bits per heavy atom. The van der Waals surface area contributed by atoms with E-state index < -0.39 is 5.97 Å². The Hall–Kier alpha value is -1.10. The highest BCUT2D eigenvalue weighted by Gasteiger charge is 2.07. The quantitative estimate of drug-likeness (QED) is 0.551. The predicted molar refractivity (Wildman–Crippen MR) is 71.5 cm³/mol. The number of unbranched alkanes of at least 4 members (excludes halogenated alkanes) is 2. The summed E-state index contributed by atoms with van der Waals surface area (Å²) in [7, 11) is 0. The lowest BCUT2D eigenvalue weighted by Gasteiger charge is -2.18. The van der Waals surface area contributed by atoms with Gasteiger partial charge in [-0.2, -0.15) is 0 Å². The van der Waals surface area contributed by atoms with Crippen molar-refractivity contribution in [1.29, 1.82) is 0 Å². The molecule has 2 N–H and O–H groups in total. The van der Waals surface area contributed by atoms with Gasteiger partial charge in [-0.15, -0.1) is 0 Å². The molecule has 0 aromatic heterocycles. The zero-order valence-corrected chi connectivity index (χ0v) is 11.6. The summed E-state index contributed by atoms with van der Waals surface area (Å²) in [5.41, 5.74) is 0. The van der Waals surface area contributed by atoms with Gasteiger partial charge in [0, 0.05) is 32.5 Å². The Balaban J connectivity index is 3.35. The number of carboxylic acid groups (broad SMARTS) is 1. The van der Waals surface area contributed by atoms with Crippen LogP contribution in [0.4, 0.5) is 0 Å². The number of nitrogens with zero attached hydrogens (tertiary/aromatic N) is 1. The third kappa shape index (κ3) is 8.98. The van der Waals surface area contributed by atoms with E-state index in [1.165, 1.54) is 0 Å². The van der Waals surface area contributed by atoms with Crippen LogP contribution in [0.1, 0.15) is 46.0 Å². The molecule has 0 aliphatic heterocycles. The maximum Gasteiger partial charge on any atom is 0.303 e. The second kappa shape index (κ2) is 11.0. The minimum Gasteiger partial charge on any atom is -0.481 e. The summed E-state index contributed by atoms with van der Waals surface area (Å²) in [6, 6.07) is 0. The van der Waals surface area contributed by atoms with Crippen LogP contribution in [-0.2, 0) is 9.59 Å². The third-order valence-corrected chi connectivity index (χ3v) is 2.88. The minimum atomic E-state index is -0.729. The van der Waals surface area contributed by atoms with E-state index >= 15 is 0 Å². The number of carbonyl (C=O) groups is 2. The zero-order valence-electron chi connectivity index (χ0n) is 11.6. The lowest BCUT2D eigenvalue weighted by Crippen LogP contribution is -2.33. The van der Waals surface area contributed by atoms with Crippen molar-refractivity contribution >= 4 is 11.9 Å². The summed E-state index contributed by atoms with van der Waals surface area (Å²) < 4.78 is 0. The van der Waals surface area contributed by atoms with Gasteiger partial charge in [0.15, 0.2) is 0 Å². The summed E-state index contributed by atoms with van der Waals surface area (Å²) in [5, 5.41) is 11.7. The van der Waals surface area contributed by atoms with E-state index in [4.69, 9.17) is 5.11 Å². The minimum absolute atomic E-state index is 0.193. The molecule has 0 fully saturated rings. The van der Waals surface area contributed by atoms with E-state index in [0.717, 1.165) is 38.9 Å². The second-order valence-electron chi connectivity index (χ2n) is 4.27. The first-order valence-electron chi connectivity index (χ1n) is 6.82. The summed E-state index contributed by atoms with van der Waals surface area (Å²) in [6.45, 7) is 7.06. The molecule has 5 heteroatoms. The van der Waals surface area contributed by atoms with E-state index in [1.54, 1.807) is 0 Å². The molecule has 0 aromatic rings. The first kappa shape index (κ1) is 16.9. The summed E-state index contributed by atoms with van der Waals surface area (Å²) in [6.07, 6.45) is 3.41. The largest absolute Gasteiger partial charge is 0.481 e. The Labute approximate surface area is 110 Å². The number of hydrogen-bond acceptors (Lipinski definition) is 3. The van der Waals surface area contributed by atoms with Crippen LogP contribution in [0.2, 0.25) is 0 Å². The highest BCUT2D eigenvalue weighted by molar-refractivity contribution is 5.76. The standard InChI is InChI=1S/C13H26N2O3/c1-3-15(4-2)12(16)9-11-14-10-7-5-6-8-13(17)18/h14H,3-11H2,1-2H3,(H,17,18). The normalized spacial score (nSPS) is 10.3. The fraction of sp³-hybridized carbons (Fsp3) is 0.846. The van der Waals surface area contributed by atoms with Gasteiger partial charge >= 0.3 is 5.97 Å². The van der Waals surface area contributed by atoms with Crippen LogP contribution in [0.5, 0.6) is 0 Å². The summed E-state index contributed by atoms with van der Waals surface area (Å²) >= 11 is 0. The van der Waals surface area contributed by atoms with Gasteiger partial charge in [-0.05, 0) is 33.2 Å². The fourth-order valence-electron chi connectivity index (χ4n) is 1.76. The molecule has 0 saturated heterocycles. The van der Waals surface area contributed by atoms with Crippen molar-refractivity contribution in [3.63, 3.8) is 0 Å². The molecule has 0 radical (unpaired) electrons. The number of amides is 1. The van der Waals surface area contributed by atoms with Gasteiger partial charge in [-0.1, -0.05) is 6.42 Å². The van der Waals surface area contributed by atoms with Crippen molar-refractivity contribution in [2.24, 2.45) is 0 Å². The van der Waals surface area contributed by atoms with Crippen LogP contribution in [0.3, 0.4) is 0 Å². The van der Waals surface area contributed by atoms with Crippen LogP contribution in [0, 0.1) is 0 Å². The van der Waals surface area contributed by atoms with Gasteiger partial charge in [-0.3, -0.25) is 9.59 Å². The zero-order chi connectivity index (χ0) is 13.8. The summed E-state index contributed by atoms with van der Waals surface area (Å²) in [4.78, 5) is 23.7. The van der Waals surface area contributed by atoms with Crippen molar-refractivity contribution in [1.82, 2.24) is 10.2 Å². The molecule has 0 saturated carbocycles. The Morgan fingerprint density at radius 1 is 1.00 bits per heavy atom. The maximum absolute atomic E-state index is 11.6. The lowest BCUT2D eigenvalue weighted by atomic mass is 10.2. The highest BCUT2D eigenvalue weighted by Crippen LogP contribution is 1.98. The van der Waals surface area contributed by atoms with Crippen molar-refractivity contribution in [2.75, 3.05) is 26.2 Å². The van der Waals surface area contributed by atoms with Crippen LogP contribution in [-0.4, -0.2) is 48.1 Å². The van der Waals surface area contributed by atoms with Crippen molar-refractivity contribution < 1.29 is 14.7 Å². The number of carboxylic acids is 1. The molecule has 0 aromatic carbocycles. The van der Waals surface area contributed by atoms with E-state index in [2.05, 4.69) is 5.32 Å². The molecule has 0 aliphatic rings. The first-order chi connectivity index (χ1) is 8.61. The molecule has 1 amide bonds.